The first-order chi connectivity index (χ1) is 17.1. The van der Waals surface area contributed by atoms with E-state index < -0.39 is 0 Å². The SMILES string of the molecule is Cc1cc(/C=C(\C#N)c2ccccc2)c(C)n1-c1sc2c(c1C(=O)Nc1ccccc1)CCCC2. The number of aryl methyl sites for hydroxylation is 2. The number of nitrogens with one attached hydrogen (secondary N) is 1. The topological polar surface area (TPSA) is 57.8 Å². The van der Waals surface area contributed by atoms with Crippen LogP contribution in [0.3, 0.4) is 0 Å². The highest BCUT2D eigenvalue weighted by Gasteiger charge is 2.28. The molecular weight excluding hydrogens is 450 g/mol. The summed E-state index contributed by atoms with van der Waals surface area (Å²) in [6.45, 7) is 4.13. The zero-order valence-electron chi connectivity index (χ0n) is 20.0. The standard InChI is InChI=1S/C30H27N3OS/c1-20-17-23(18-24(19-31)22-11-5-3-6-12-22)21(2)33(20)30-28(26-15-9-10-16-27(26)35-30)29(34)32-25-13-7-4-8-14-25/h3-8,11-14,17-18H,9-10,15-16H2,1-2H3,(H,32,34)/b24-18+. The lowest BCUT2D eigenvalue weighted by molar-refractivity contribution is 0.102. The third-order valence-corrected chi connectivity index (χ3v) is 7.87. The first-order valence-electron chi connectivity index (χ1n) is 11.9. The van der Waals surface area contributed by atoms with Crippen molar-refractivity contribution < 1.29 is 4.79 Å². The molecule has 2 aromatic carbocycles. The fraction of sp³-hybridized carbons (Fsp3) is 0.200. The van der Waals surface area contributed by atoms with Gasteiger partial charge in [-0.3, -0.25) is 4.79 Å². The van der Waals surface area contributed by atoms with Gasteiger partial charge in [0.2, 0.25) is 0 Å². The van der Waals surface area contributed by atoms with E-state index in [9.17, 15) is 10.1 Å². The molecule has 1 amide bonds. The summed E-state index contributed by atoms with van der Waals surface area (Å²) in [6.07, 6.45) is 6.17. The average Bonchev–Trinajstić information content (AvgIpc) is 3.39. The van der Waals surface area contributed by atoms with Crippen molar-refractivity contribution in [1.29, 1.82) is 5.26 Å². The molecule has 1 aliphatic carbocycles. The Bertz CT molecular complexity index is 1450. The van der Waals surface area contributed by atoms with Crippen molar-refractivity contribution in [2.24, 2.45) is 0 Å². The van der Waals surface area contributed by atoms with Crippen LogP contribution in [0.25, 0.3) is 16.7 Å². The number of aromatic nitrogens is 1. The summed E-state index contributed by atoms with van der Waals surface area (Å²) in [7, 11) is 0. The molecule has 0 fully saturated rings. The van der Waals surface area contributed by atoms with Crippen LogP contribution in [0, 0.1) is 25.2 Å². The fourth-order valence-corrected chi connectivity index (χ4v) is 6.36. The summed E-state index contributed by atoms with van der Waals surface area (Å²) in [4.78, 5) is 14.9. The number of allylic oxidation sites excluding steroid dienone is 1. The van der Waals surface area contributed by atoms with Gasteiger partial charge in [-0.15, -0.1) is 11.3 Å². The number of benzene rings is 2. The van der Waals surface area contributed by atoms with Crippen LogP contribution in [0.4, 0.5) is 5.69 Å². The number of carbonyl (C=O) groups excluding carboxylic acids is 1. The Hall–Kier alpha value is -3.88. The van der Waals surface area contributed by atoms with Gasteiger partial charge in [0.05, 0.1) is 17.2 Å². The zero-order chi connectivity index (χ0) is 24.4. The average molecular weight is 478 g/mol. The van der Waals surface area contributed by atoms with Gasteiger partial charge in [0.15, 0.2) is 0 Å². The van der Waals surface area contributed by atoms with Crippen LogP contribution in [0.1, 0.15) is 56.2 Å². The highest BCUT2D eigenvalue weighted by molar-refractivity contribution is 7.15. The molecule has 2 aromatic heterocycles. The van der Waals surface area contributed by atoms with Crippen LogP contribution in [0.2, 0.25) is 0 Å². The number of fused-ring (bicyclic) bond motifs is 1. The highest BCUT2D eigenvalue weighted by atomic mass is 32.1. The number of thiophene rings is 1. The summed E-state index contributed by atoms with van der Waals surface area (Å²) >= 11 is 1.73. The molecule has 0 unspecified atom stereocenters. The van der Waals surface area contributed by atoms with E-state index in [1.54, 1.807) is 11.3 Å². The van der Waals surface area contributed by atoms with E-state index in [0.29, 0.717) is 5.57 Å². The normalized spacial score (nSPS) is 13.2. The molecule has 0 atom stereocenters. The summed E-state index contributed by atoms with van der Waals surface area (Å²) in [5.74, 6) is -0.0582. The number of nitrogens with zero attached hydrogens (tertiary/aromatic N) is 2. The second-order valence-electron chi connectivity index (χ2n) is 8.91. The molecule has 0 spiro atoms. The quantitative estimate of drug-likeness (QED) is 0.306. The monoisotopic (exact) mass is 477 g/mol. The summed E-state index contributed by atoms with van der Waals surface area (Å²) < 4.78 is 2.19. The fourth-order valence-electron chi connectivity index (χ4n) is 4.86. The minimum atomic E-state index is -0.0582. The van der Waals surface area contributed by atoms with Gasteiger partial charge in [0.1, 0.15) is 5.00 Å². The van der Waals surface area contributed by atoms with Gasteiger partial charge in [-0.2, -0.15) is 5.26 Å². The van der Waals surface area contributed by atoms with Crippen LogP contribution in [-0.4, -0.2) is 10.5 Å². The number of para-hydroxylation sites is 1. The first kappa shape index (κ1) is 22.9. The third-order valence-electron chi connectivity index (χ3n) is 6.59. The molecule has 4 nitrogen and oxygen atoms in total. The molecule has 2 heterocycles. The van der Waals surface area contributed by atoms with Gasteiger partial charge in [-0.05, 0) is 80.5 Å². The molecule has 0 saturated carbocycles. The third kappa shape index (κ3) is 4.45. The first-order valence-corrected chi connectivity index (χ1v) is 12.8. The Kier molecular flexibility index (Phi) is 6.39. The minimum absolute atomic E-state index is 0.0582. The number of rotatable bonds is 5. The van der Waals surface area contributed by atoms with Gasteiger partial charge in [0.25, 0.3) is 5.91 Å². The van der Waals surface area contributed by atoms with Crippen molar-refractivity contribution in [3.63, 3.8) is 0 Å². The van der Waals surface area contributed by atoms with Crippen molar-refractivity contribution >= 4 is 34.6 Å². The largest absolute Gasteiger partial charge is 0.322 e. The number of amides is 1. The van der Waals surface area contributed by atoms with Gasteiger partial charge in [0, 0.05) is 22.0 Å². The van der Waals surface area contributed by atoms with Crippen molar-refractivity contribution in [3.8, 4) is 11.1 Å². The van der Waals surface area contributed by atoms with Crippen LogP contribution < -0.4 is 5.32 Å². The van der Waals surface area contributed by atoms with E-state index in [2.05, 4.69) is 35.9 Å². The molecule has 5 rings (SSSR count). The van der Waals surface area contributed by atoms with Gasteiger partial charge < -0.3 is 9.88 Å². The number of anilines is 1. The van der Waals surface area contributed by atoms with Crippen LogP contribution in [-0.2, 0) is 12.8 Å². The van der Waals surface area contributed by atoms with E-state index >= 15 is 0 Å². The lowest BCUT2D eigenvalue weighted by atomic mass is 9.95. The zero-order valence-corrected chi connectivity index (χ0v) is 20.8. The Labute approximate surface area is 210 Å². The van der Waals surface area contributed by atoms with Crippen molar-refractivity contribution in [2.75, 3.05) is 5.32 Å². The number of nitriles is 1. The van der Waals surface area contributed by atoms with Crippen LogP contribution >= 0.6 is 11.3 Å². The van der Waals surface area contributed by atoms with E-state index in [0.717, 1.165) is 64.4 Å². The second-order valence-corrected chi connectivity index (χ2v) is 9.99. The number of hydrogen-bond acceptors (Lipinski definition) is 3. The Morgan fingerprint density at radius 3 is 2.43 bits per heavy atom. The van der Waals surface area contributed by atoms with E-state index in [1.165, 1.54) is 10.4 Å². The maximum atomic E-state index is 13.6. The molecule has 0 radical (unpaired) electrons. The van der Waals surface area contributed by atoms with Gasteiger partial charge >= 0.3 is 0 Å². The summed E-state index contributed by atoms with van der Waals surface area (Å²) in [5, 5.41) is 13.9. The molecule has 5 heteroatoms. The van der Waals surface area contributed by atoms with Crippen LogP contribution in [0.5, 0.6) is 0 Å². The van der Waals surface area contributed by atoms with Gasteiger partial charge in [-0.25, -0.2) is 0 Å². The number of carbonyl (C=O) groups is 1. The Balaban J connectivity index is 1.61. The predicted octanol–water partition coefficient (Wildman–Crippen LogP) is 7.35. The molecule has 0 bridgehead atoms. The minimum Gasteiger partial charge on any atom is -0.322 e. The molecule has 174 valence electrons. The van der Waals surface area contributed by atoms with Crippen LogP contribution in [0.15, 0.2) is 66.7 Å². The molecule has 1 N–H and O–H groups in total. The molecule has 0 aliphatic heterocycles. The van der Waals surface area contributed by atoms with Gasteiger partial charge in [-0.1, -0.05) is 48.5 Å². The maximum Gasteiger partial charge on any atom is 0.258 e. The Morgan fingerprint density at radius 1 is 1.03 bits per heavy atom. The van der Waals surface area contributed by atoms with E-state index in [-0.39, 0.29) is 5.91 Å². The summed E-state index contributed by atoms with van der Waals surface area (Å²) in [5.41, 5.74) is 7.36. The highest BCUT2D eigenvalue weighted by Crippen LogP contribution is 2.39. The smallest absolute Gasteiger partial charge is 0.258 e. The number of hydrogen-bond donors (Lipinski definition) is 1. The van der Waals surface area contributed by atoms with Crippen molar-refractivity contribution in [2.45, 2.75) is 39.5 Å². The molecular formula is C30H27N3OS. The van der Waals surface area contributed by atoms with Crippen molar-refractivity contribution in [3.05, 3.63) is 105 Å². The lowest BCUT2D eigenvalue weighted by Crippen LogP contribution is -2.17. The predicted molar refractivity (Wildman–Crippen MR) is 144 cm³/mol. The molecule has 0 saturated heterocycles. The van der Waals surface area contributed by atoms with E-state index in [1.807, 2.05) is 66.7 Å². The second kappa shape index (κ2) is 9.77. The van der Waals surface area contributed by atoms with E-state index in [4.69, 9.17) is 0 Å². The molecule has 35 heavy (non-hydrogen) atoms. The molecule has 1 aliphatic rings. The molecule has 4 aromatic rings. The van der Waals surface area contributed by atoms with Crippen molar-refractivity contribution in [1.82, 2.24) is 4.57 Å². The Morgan fingerprint density at radius 2 is 1.71 bits per heavy atom. The lowest BCUT2D eigenvalue weighted by Gasteiger charge is -2.14. The maximum absolute atomic E-state index is 13.6. The summed E-state index contributed by atoms with van der Waals surface area (Å²) in [6, 6.07) is 23.8.